The number of hydrogen-bond acceptors (Lipinski definition) is 4. The van der Waals surface area contributed by atoms with Crippen molar-refractivity contribution in [1.82, 2.24) is 0 Å². The van der Waals surface area contributed by atoms with Gasteiger partial charge in [0.1, 0.15) is 10.7 Å². The summed E-state index contributed by atoms with van der Waals surface area (Å²) in [6.07, 6.45) is 2.93. The number of unbranched alkanes of at least 4 members (excludes halogenated alkanes) is 2. The van der Waals surface area contributed by atoms with Crippen LogP contribution in [0.1, 0.15) is 32.1 Å². The van der Waals surface area contributed by atoms with Crippen molar-refractivity contribution in [2.24, 2.45) is 5.11 Å². The summed E-state index contributed by atoms with van der Waals surface area (Å²) in [4.78, 5) is 2.63. The standard InChI is InChI=1S/C8H17N3O3S/c9-11-10-6-3-1-2-4-8(12)5-7-15(13)14/h8,12,15H,1-7H2. The molecule has 0 saturated carbocycles. The van der Waals surface area contributed by atoms with E-state index in [-0.39, 0.29) is 5.75 Å². The van der Waals surface area contributed by atoms with E-state index in [1.807, 2.05) is 0 Å². The maximum absolute atomic E-state index is 10.2. The van der Waals surface area contributed by atoms with Crippen LogP contribution in [0.4, 0.5) is 0 Å². The first-order chi connectivity index (χ1) is 7.16. The van der Waals surface area contributed by atoms with Gasteiger partial charge >= 0.3 is 0 Å². The molecule has 1 unspecified atom stereocenters. The zero-order chi connectivity index (χ0) is 11.5. The molecule has 15 heavy (non-hydrogen) atoms. The Morgan fingerprint density at radius 3 is 2.60 bits per heavy atom. The lowest BCUT2D eigenvalue weighted by Crippen LogP contribution is -2.09. The van der Waals surface area contributed by atoms with Gasteiger partial charge in [-0.05, 0) is 24.8 Å². The van der Waals surface area contributed by atoms with E-state index in [9.17, 15) is 13.5 Å². The zero-order valence-corrected chi connectivity index (χ0v) is 9.47. The molecule has 0 bridgehead atoms. The van der Waals surface area contributed by atoms with E-state index in [1.165, 1.54) is 0 Å². The Balaban J connectivity index is 3.30. The lowest BCUT2D eigenvalue weighted by atomic mass is 10.1. The van der Waals surface area contributed by atoms with Gasteiger partial charge in [-0.25, -0.2) is 8.42 Å². The zero-order valence-electron chi connectivity index (χ0n) is 8.58. The van der Waals surface area contributed by atoms with Gasteiger partial charge in [-0.3, -0.25) is 0 Å². The molecule has 0 spiro atoms. The van der Waals surface area contributed by atoms with E-state index in [4.69, 9.17) is 5.53 Å². The maximum atomic E-state index is 10.2. The first-order valence-electron chi connectivity index (χ1n) is 4.97. The molecule has 0 radical (unpaired) electrons. The van der Waals surface area contributed by atoms with Gasteiger partial charge in [-0.15, -0.1) is 0 Å². The molecule has 0 aliphatic rings. The fraction of sp³-hybridized carbons (Fsp3) is 1.00. The molecule has 0 aliphatic heterocycles. The molecule has 0 heterocycles. The Morgan fingerprint density at radius 1 is 1.27 bits per heavy atom. The maximum Gasteiger partial charge on any atom is 0.140 e. The van der Waals surface area contributed by atoms with Crippen molar-refractivity contribution in [3.05, 3.63) is 10.4 Å². The molecule has 0 aliphatic carbocycles. The summed E-state index contributed by atoms with van der Waals surface area (Å²) < 4.78 is 20.5. The van der Waals surface area contributed by atoms with Crippen molar-refractivity contribution in [3.8, 4) is 0 Å². The van der Waals surface area contributed by atoms with Crippen LogP contribution in [-0.4, -0.2) is 31.9 Å². The highest BCUT2D eigenvalue weighted by Crippen LogP contribution is 2.06. The van der Waals surface area contributed by atoms with Crippen LogP contribution in [0.3, 0.4) is 0 Å². The third-order valence-corrected chi connectivity index (χ3v) is 2.63. The number of nitrogens with zero attached hydrogens (tertiary/aromatic N) is 3. The molecule has 0 aromatic heterocycles. The minimum atomic E-state index is -2.37. The number of azide groups is 1. The quantitative estimate of drug-likeness (QED) is 0.206. The van der Waals surface area contributed by atoms with Gasteiger partial charge in [-0.1, -0.05) is 18.0 Å². The van der Waals surface area contributed by atoms with Crippen LogP contribution in [0.15, 0.2) is 5.11 Å². The van der Waals surface area contributed by atoms with Gasteiger partial charge in [0.15, 0.2) is 0 Å². The second-order valence-corrected chi connectivity index (χ2v) is 4.42. The molecule has 0 amide bonds. The van der Waals surface area contributed by atoms with Crippen molar-refractivity contribution in [1.29, 1.82) is 0 Å². The first kappa shape index (κ1) is 14.2. The normalized spacial score (nSPS) is 12.4. The predicted molar refractivity (Wildman–Crippen MR) is 58.3 cm³/mol. The van der Waals surface area contributed by atoms with Gasteiger partial charge in [0.05, 0.1) is 11.9 Å². The number of hydrogen-bond donors (Lipinski definition) is 2. The number of rotatable bonds is 9. The van der Waals surface area contributed by atoms with Crippen molar-refractivity contribution in [2.75, 3.05) is 12.3 Å². The lowest BCUT2D eigenvalue weighted by molar-refractivity contribution is 0.157. The topological polar surface area (TPSA) is 103 Å². The number of thiol groups is 1. The third-order valence-electron chi connectivity index (χ3n) is 2.00. The summed E-state index contributed by atoms with van der Waals surface area (Å²) in [6.45, 7) is 0.485. The largest absolute Gasteiger partial charge is 0.393 e. The number of aliphatic hydroxyl groups excluding tert-OH is 1. The highest BCUT2D eigenvalue weighted by molar-refractivity contribution is 7.72. The summed E-state index contributed by atoms with van der Waals surface area (Å²) in [6, 6.07) is 0. The molecule has 88 valence electrons. The Morgan fingerprint density at radius 2 is 2.00 bits per heavy atom. The van der Waals surface area contributed by atoms with E-state index < -0.39 is 16.8 Å². The summed E-state index contributed by atoms with van der Waals surface area (Å²) in [7, 11) is -2.37. The third kappa shape index (κ3) is 11.1. The molecule has 0 aromatic rings. The number of aliphatic hydroxyl groups is 1. The second kappa shape index (κ2) is 9.76. The lowest BCUT2D eigenvalue weighted by Gasteiger charge is -2.07. The fourth-order valence-corrected chi connectivity index (χ4v) is 1.69. The van der Waals surface area contributed by atoms with Crippen LogP contribution < -0.4 is 0 Å². The van der Waals surface area contributed by atoms with Crippen LogP contribution in [0.25, 0.3) is 10.4 Å². The average Bonchev–Trinajstić information content (AvgIpc) is 2.20. The van der Waals surface area contributed by atoms with Crippen molar-refractivity contribution in [3.63, 3.8) is 0 Å². The van der Waals surface area contributed by atoms with Crippen LogP contribution in [0.5, 0.6) is 0 Å². The highest BCUT2D eigenvalue weighted by Gasteiger charge is 2.03. The van der Waals surface area contributed by atoms with Gasteiger partial charge in [-0.2, -0.15) is 0 Å². The van der Waals surface area contributed by atoms with Gasteiger partial charge in [0, 0.05) is 11.5 Å². The minimum Gasteiger partial charge on any atom is -0.393 e. The predicted octanol–water partition coefficient (Wildman–Crippen LogP) is 1.22. The van der Waals surface area contributed by atoms with Gasteiger partial charge < -0.3 is 5.11 Å². The highest BCUT2D eigenvalue weighted by atomic mass is 32.2. The van der Waals surface area contributed by atoms with E-state index >= 15 is 0 Å². The molecule has 0 aromatic carbocycles. The molecule has 1 N–H and O–H groups in total. The van der Waals surface area contributed by atoms with Crippen LogP contribution >= 0.6 is 0 Å². The monoisotopic (exact) mass is 235 g/mol. The Kier molecular flexibility index (Phi) is 9.26. The first-order valence-corrected chi connectivity index (χ1v) is 6.34. The molecule has 0 fully saturated rings. The summed E-state index contributed by atoms with van der Waals surface area (Å²) in [5, 5.41) is 12.7. The SMILES string of the molecule is [N-]=[N+]=NCCCCCC(O)CC[SH](=O)=O. The van der Waals surface area contributed by atoms with Crippen molar-refractivity contribution in [2.45, 2.75) is 38.2 Å². The van der Waals surface area contributed by atoms with Crippen molar-refractivity contribution >= 4 is 10.7 Å². The minimum absolute atomic E-state index is 0.0508. The molecular weight excluding hydrogens is 218 g/mol. The molecule has 0 saturated heterocycles. The van der Waals surface area contributed by atoms with Crippen LogP contribution in [-0.2, 0) is 10.7 Å². The second-order valence-electron chi connectivity index (χ2n) is 3.30. The summed E-state index contributed by atoms with van der Waals surface area (Å²) >= 11 is 0. The van der Waals surface area contributed by atoms with E-state index in [2.05, 4.69) is 10.0 Å². The molecule has 0 rings (SSSR count). The Hall–Kier alpha value is -0.780. The molecule has 1 atom stereocenters. The molecule has 6 nitrogen and oxygen atoms in total. The van der Waals surface area contributed by atoms with Crippen molar-refractivity contribution < 1.29 is 13.5 Å². The smallest absolute Gasteiger partial charge is 0.140 e. The Bertz CT molecular complexity index is 266. The van der Waals surface area contributed by atoms with Gasteiger partial charge in [0.2, 0.25) is 0 Å². The summed E-state index contributed by atoms with van der Waals surface area (Å²) in [5.74, 6) is 0.0508. The Labute approximate surface area is 90.9 Å². The average molecular weight is 235 g/mol. The van der Waals surface area contributed by atoms with Gasteiger partial charge in [0.25, 0.3) is 0 Å². The van der Waals surface area contributed by atoms with Crippen LogP contribution in [0.2, 0.25) is 0 Å². The summed E-state index contributed by atoms with van der Waals surface area (Å²) in [5.41, 5.74) is 7.99. The van der Waals surface area contributed by atoms with E-state index in [0.29, 0.717) is 19.4 Å². The van der Waals surface area contributed by atoms with Crippen LogP contribution in [0, 0.1) is 0 Å². The molecular formula is C8H17N3O3S. The van der Waals surface area contributed by atoms with E-state index in [0.717, 1.165) is 19.3 Å². The fourth-order valence-electron chi connectivity index (χ4n) is 1.18. The molecule has 7 heteroatoms. The van der Waals surface area contributed by atoms with E-state index in [1.54, 1.807) is 0 Å².